The lowest BCUT2D eigenvalue weighted by Crippen LogP contribution is -2.33. The first-order chi connectivity index (χ1) is 7.72. The van der Waals surface area contributed by atoms with E-state index in [1.807, 2.05) is 0 Å². The van der Waals surface area contributed by atoms with Crippen LogP contribution in [0.25, 0.3) is 0 Å². The molecule has 0 atom stereocenters. The van der Waals surface area contributed by atoms with E-state index in [9.17, 15) is 14.2 Å². The maximum Gasteiger partial charge on any atom is 0.525 e. The van der Waals surface area contributed by atoms with Gasteiger partial charge in [-0.05, 0) is 6.42 Å². The second kappa shape index (κ2) is 5.37. The van der Waals surface area contributed by atoms with Gasteiger partial charge in [0.05, 0.1) is 0 Å². The third-order valence-corrected chi connectivity index (χ3v) is 2.66. The normalized spacial score (nSPS) is 16.0. The van der Waals surface area contributed by atoms with E-state index in [0.717, 1.165) is 4.90 Å². The van der Waals surface area contributed by atoms with Gasteiger partial charge in [0.2, 0.25) is 11.7 Å². The van der Waals surface area contributed by atoms with Crippen LogP contribution in [0, 0.1) is 0 Å². The van der Waals surface area contributed by atoms with Gasteiger partial charge in [-0.2, -0.15) is 0 Å². The van der Waals surface area contributed by atoms with Gasteiger partial charge in [0.15, 0.2) is 4.49 Å². The molecule has 0 radical (unpaired) electrons. The van der Waals surface area contributed by atoms with Crippen LogP contribution < -0.4 is 0 Å². The summed E-state index contributed by atoms with van der Waals surface area (Å²) in [4.78, 5) is 40.9. The molecule has 1 aliphatic rings. The lowest BCUT2D eigenvalue weighted by molar-refractivity contribution is -0.140. The zero-order valence-corrected chi connectivity index (χ0v) is 10.7. The van der Waals surface area contributed by atoms with Crippen LogP contribution in [0.4, 0.5) is 0 Å². The summed E-state index contributed by atoms with van der Waals surface area (Å²) in [6.45, 7) is 0.132. The summed E-state index contributed by atoms with van der Waals surface area (Å²) in [5.74, 6) is -2.47. The van der Waals surface area contributed by atoms with Crippen LogP contribution in [0.1, 0.15) is 12.8 Å². The van der Waals surface area contributed by atoms with Crippen LogP contribution >= 0.6 is 31.0 Å². The van der Waals surface area contributed by atoms with Crippen LogP contribution in [0.15, 0.2) is 10.3 Å². The molecular formula is C7H8Cl2NO6P. The third-order valence-electron chi connectivity index (χ3n) is 1.89. The molecule has 0 unspecified atom stereocenters. The maximum absolute atomic E-state index is 11.7. The van der Waals surface area contributed by atoms with E-state index in [4.69, 9.17) is 33.0 Å². The second-order valence-electron chi connectivity index (χ2n) is 3.13. The molecule has 0 aliphatic carbocycles. The van der Waals surface area contributed by atoms with Crippen LogP contribution in [-0.2, 0) is 18.7 Å². The molecule has 7 nitrogen and oxygen atoms in total. The zero-order valence-electron chi connectivity index (χ0n) is 8.30. The monoisotopic (exact) mass is 303 g/mol. The largest absolute Gasteiger partial charge is 0.525 e. The second-order valence-corrected chi connectivity index (χ2v) is 5.24. The molecule has 1 fully saturated rings. The van der Waals surface area contributed by atoms with Gasteiger partial charge >= 0.3 is 7.82 Å². The number of hydrogen-bond donors (Lipinski definition) is 2. The quantitative estimate of drug-likeness (QED) is 0.456. The van der Waals surface area contributed by atoms with E-state index in [1.54, 1.807) is 0 Å². The van der Waals surface area contributed by atoms with Crippen molar-refractivity contribution in [3.8, 4) is 0 Å². The Balaban J connectivity index is 2.94. The molecule has 2 amide bonds. The Bertz CT molecular complexity index is 426. The molecule has 0 bridgehead atoms. The number of amides is 2. The van der Waals surface area contributed by atoms with E-state index < -0.39 is 29.9 Å². The minimum Gasteiger partial charge on any atom is -0.396 e. The van der Waals surface area contributed by atoms with E-state index in [-0.39, 0.29) is 13.0 Å². The molecule has 1 rings (SSSR count). The molecule has 0 aromatic carbocycles. The highest BCUT2D eigenvalue weighted by Crippen LogP contribution is 2.41. The standard InChI is InChI=1S/C7H8Cl2NO6P/c8-6(9)5(16-17(13,14)15)7(12)10-3-1-2-4(10)11/h1-3H2,(H2,13,14,15). The molecule has 0 saturated carbocycles. The van der Waals surface area contributed by atoms with Crippen molar-refractivity contribution in [3.05, 3.63) is 10.3 Å². The molecule has 0 aromatic rings. The lowest BCUT2D eigenvalue weighted by atomic mass is 10.4. The van der Waals surface area contributed by atoms with Crippen molar-refractivity contribution in [2.24, 2.45) is 0 Å². The topological polar surface area (TPSA) is 104 Å². The van der Waals surface area contributed by atoms with Crippen molar-refractivity contribution in [3.63, 3.8) is 0 Å². The Morgan fingerprint density at radius 3 is 2.35 bits per heavy atom. The number of halogens is 2. The van der Waals surface area contributed by atoms with Gasteiger partial charge in [0.25, 0.3) is 5.91 Å². The van der Waals surface area contributed by atoms with Crippen molar-refractivity contribution in [2.75, 3.05) is 6.54 Å². The van der Waals surface area contributed by atoms with Crippen LogP contribution in [0.2, 0.25) is 0 Å². The fraction of sp³-hybridized carbons (Fsp3) is 0.429. The first-order valence-corrected chi connectivity index (χ1v) is 6.66. The first kappa shape index (κ1) is 14.5. The number of phosphoric ester groups is 1. The summed E-state index contributed by atoms with van der Waals surface area (Å²) in [6, 6.07) is 0. The molecule has 10 heteroatoms. The van der Waals surface area contributed by atoms with Crippen molar-refractivity contribution in [1.82, 2.24) is 4.90 Å². The smallest absolute Gasteiger partial charge is 0.396 e. The maximum atomic E-state index is 11.7. The van der Waals surface area contributed by atoms with E-state index in [0.29, 0.717) is 6.42 Å². The lowest BCUT2D eigenvalue weighted by Gasteiger charge is -2.16. The summed E-state index contributed by atoms with van der Waals surface area (Å²) >= 11 is 10.6. The van der Waals surface area contributed by atoms with Crippen LogP contribution in [0.5, 0.6) is 0 Å². The van der Waals surface area contributed by atoms with Crippen molar-refractivity contribution in [1.29, 1.82) is 0 Å². The Morgan fingerprint density at radius 1 is 1.41 bits per heavy atom. The summed E-state index contributed by atoms with van der Waals surface area (Å²) in [6.07, 6.45) is 0.641. The van der Waals surface area contributed by atoms with Gasteiger partial charge < -0.3 is 4.52 Å². The van der Waals surface area contributed by atoms with Gasteiger partial charge in [-0.1, -0.05) is 23.2 Å². The third kappa shape index (κ3) is 3.97. The van der Waals surface area contributed by atoms with Crippen molar-refractivity contribution >= 4 is 42.8 Å². The van der Waals surface area contributed by atoms with Gasteiger partial charge in [-0.25, -0.2) is 4.57 Å². The first-order valence-electron chi connectivity index (χ1n) is 4.37. The van der Waals surface area contributed by atoms with Crippen LogP contribution in [0.3, 0.4) is 0 Å². The minimum absolute atomic E-state index is 0.132. The molecular weight excluding hydrogens is 296 g/mol. The van der Waals surface area contributed by atoms with E-state index in [1.165, 1.54) is 0 Å². The molecule has 2 N–H and O–H groups in total. The van der Waals surface area contributed by atoms with E-state index in [2.05, 4.69) is 4.52 Å². The SMILES string of the molecule is O=C1CCCN1C(=O)C(OP(=O)(O)O)=C(Cl)Cl. The molecule has 96 valence electrons. The number of nitrogens with zero attached hydrogens (tertiary/aromatic N) is 1. The Kier molecular flexibility index (Phi) is 4.57. The average Bonchev–Trinajstić information content (AvgIpc) is 2.58. The van der Waals surface area contributed by atoms with Gasteiger partial charge in [-0.3, -0.25) is 24.3 Å². The number of carbonyl (C=O) groups is 2. The summed E-state index contributed by atoms with van der Waals surface area (Å²) in [7, 11) is -4.98. The fourth-order valence-corrected chi connectivity index (χ4v) is 2.01. The fourth-order valence-electron chi connectivity index (χ4n) is 1.26. The predicted molar refractivity (Wildman–Crippen MR) is 57.8 cm³/mol. The number of carbonyl (C=O) groups excluding carboxylic acids is 2. The molecule has 1 saturated heterocycles. The Labute approximate surface area is 106 Å². The highest BCUT2D eigenvalue weighted by Gasteiger charge is 2.34. The summed E-state index contributed by atoms with van der Waals surface area (Å²) in [5.41, 5.74) is 0. The Morgan fingerprint density at radius 2 is 2.00 bits per heavy atom. The van der Waals surface area contributed by atoms with Crippen molar-refractivity contribution in [2.45, 2.75) is 12.8 Å². The summed E-state index contributed by atoms with van der Waals surface area (Å²) < 4.78 is 13.9. The number of hydrogen-bond acceptors (Lipinski definition) is 4. The van der Waals surface area contributed by atoms with Crippen LogP contribution in [-0.4, -0.2) is 33.0 Å². The number of imide groups is 1. The van der Waals surface area contributed by atoms with Gasteiger partial charge in [0.1, 0.15) is 0 Å². The highest BCUT2D eigenvalue weighted by molar-refractivity contribution is 7.46. The molecule has 17 heavy (non-hydrogen) atoms. The Hall–Kier alpha value is -0.590. The number of likely N-dealkylation sites (tertiary alicyclic amines) is 1. The summed E-state index contributed by atoms with van der Waals surface area (Å²) in [5, 5.41) is 0. The van der Waals surface area contributed by atoms with E-state index >= 15 is 0 Å². The average molecular weight is 304 g/mol. The number of phosphoric acid groups is 1. The zero-order chi connectivity index (χ0) is 13.2. The minimum atomic E-state index is -4.98. The molecule has 0 spiro atoms. The molecule has 0 aromatic heterocycles. The highest BCUT2D eigenvalue weighted by atomic mass is 35.5. The van der Waals surface area contributed by atoms with Gasteiger partial charge in [-0.15, -0.1) is 0 Å². The number of rotatable bonds is 3. The van der Waals surface area contributed by atoms with Crippen molar-refractivity contribution < 1.29 is 28.5 Å². The molecule has 1 aliphatic heterocycles. The predicted octanol–water partition coefficient (Wildman–Crippen LogP) is 0.891. The van der Waals surface area contributed by atoms with Gasteiger partial charge in [0, 0.05) is 13.0 Å². The molecule has 1 heterocycles.